The number of ketones is 1. The summed E-state index contributed by atoms with van der Waals surface area (Å²) < 4.78 is 15.2. The van der Waals surface area contributed by atoms with Gasteiger partial charge in [0.05, 0.1) is 24.9 Å². The normalized spacial score (nSPS) is 10.6. The number of esters is 1. The van der Waals surface area contributed by atoms with Crippen molar-refractivity contribution in [2.75, 3.05) is 20.8 Å². The minimum Gasteiger partial charge on any atom is -0.493 e. The first kappa shape index (κ1) is 17.6. The molecule has 0 aliphatic heterocycles. The monoisotopic (exact) mass is 349 g/mol. The Bertz CT molecular complexity index is 753. The van der Waals surface area contributed by atoms with E-state index < -0.39 is 5.97 Å². The van der Waals surface area contributed by atoms with Crippen LogP contribution in [0.4, 0.5) is 0 Å². The van der Waals surface area contributed by atoms with Crippen LogP contribution in [0.2, 0.25) is 5.02 Å². The Morgan fingerprint density at radius 1 is 1.25 bits per heavy atom. The molecule has 126 valence electrons. The van der Waals surface area contributed by atoms with Gasteiger partial charge in [-0.2, -0.15) is 0 Å². The van der Waals surface area contributed by atoms with Crippen molar-refractivity contribution in [3.05, 3.63) is 52.8 Å². The molecule has 0 spiro atoms. The number of carbonyl (C=O) groups excluding carboxylic acids is 2. The molecule has 2 rings (SSSR count). The van der Waals surface area contributed by atoms with Gasteiger partial charge < -0.3 is 19.2 Å². The number of nitrogens with one attached hydrogen (secondary N) is 1. The number of H-pyrrole nitrogens is 1. The van der Waals surface area contributed by atoms with Crippen LogP contribution in [0.3, 0.4) is 0 Å². The molecule has 0 atom stereocenters. The van der Waals surface area contributed by atoms with Crippen molar-refractivity contribution in [3.8, 4) is 11.5 Å². The van der Waals surface area contributed by atoms with Crippen molar-refractivity contribution in [1.29, 1.82) is 0 Å². The summed E-state index contributed by atoms with van der Waals surface area (Å²) in [5.41, 5.74) is 1.02. The molecule has 1 N–H and O–H groups in total. The van der Waals surface area contributed by atoms with Gasteiger partial charge >= 0.3 is 5.97 Å². The second-order valence-electron chi connectivity index (χ2n) is 4.69. The number of halogens is 1. The average molecular weight is 350 g/mol. The van der Waals surface area contributed by atoms with Crippen LogP contribution >= 0.6 is 11.6 Å². The third-order valence-corrected chi connectivity index (χ3v) is 3.39. The first-order valence-electron chi connectivity index (χ1n) is 6.98. The number of benzene rings is 1. The summed E-state index contributed by atoms with van der Waals surface area (Å²) in [5.74, 6) is -0.0906. The van der Waals surface area contributed by atoms with Gasteiger partial charge in [-0.1, -0.05) is 11.6 Å². The van der Waals surface area contributed by atoms with Crippen LogP contribution in [-0.4, -0.2) is 37.6 Å². The molecule has 24 heavy (non-hydrogen) atoms. The van der Waals surface area contributed by atoms with Gasteiger partial charge in [0.1, 0.15) is 0 Å². The van der Waals surface area contributed by atoms with Crippen LogP contribution in [0.25, 0.3) is 6.08 Å². The fraction of sp³-hybridized carbons (Fsp3) is 0.176. The van der Waals surface area contributed by atoms with E-state index in [9.17, 15) is 9.59 Å². The summed E-state index contributed by atoms with van der Waals surface area (Å²) in [5, 5.41) is 0.354. The summed E-state index contributed by atoms with van der Waals surface area (Å²) in [6.45, 7) is -0.337. The Kier molecular flexibility index (Phi) is 6.03. The number of aromatic amines is 1. The van der Waals surface area contributed by atoms with E-state index in [4.69, 9.17) is 25.8 Å². The van der Waals surface area contributed by atoms with Gasteiger partial charge in [0.15, 0.2) is 18.1 Å². The Hall–Kier alpha value is -2.73. The molecule has 0 unspecified atom stereocenters. The molecule has 2 aromatic rings. The smallest absolute Gasteiger partial charge is 0.331 e. The summed E-state index contributed by atoms with van der Waals surface area (Å²) in [6.07, 6.45) is 4.34. The lowest BCUT2D eigenvalue weighted by atomic mass is 10.2. The number of aromatic nitrogens is 1. The van der Waals surface area contributed by atoms with E-state index in [1.807, 2.05) is 0 Å². The van der Waals surface area contributed by atoms with E-state index in [0.717, 1.165) is 0 Å². The molecular weight excluding hydrogens is 334 g/mol. The second-order valence-corrected chi connectivity index (χ2v) is 5.09. The molecule has 0 radical (unpaired) electrons. The van der Waals surface area contributed by atoms with Crippen molar-refractivity contribution in [3.63, 3.8) is 0 Å². The van der Waals surface area contributed by atoms with E-state index in [-0.39, 0.29) is 12.4 Å². The molecule has 1 aromatic heterocycles. The number of rotatable bonds is 7. The minimum atomic E-state index is -0.638. The van der Waals surface area contributed by atoms with Crippen LogP contribution in [0.1, 0.15) is 16.1 Å². The van der Waals surface area contributed by atoms with Gasteiger partial charge in [-0.05, 0) is 35.9 Å². The minimum absolute atomic E-state index is 0.309. The molecule has 1 heterocycles. The Morgan fingerprint density at radius 3 is 2.67 bits per heavy atom. The van der Waals surface area contributed by atoms with Crippen LogP contribution in [-0.2, 0) is 9.53 Å². The maximum atomic E-state index is 11.7. The molecule has 0 aliphatic rings. The molecule has 6 nitrogen and oxygen atoms in total. The molecule has 0 amide bonds. The molecule has 0 aliphatic carbocycles. The number of Topliss-reactive ketones (excluding diaryl/α,β-unsaturated/α-hetero) is 1. The third-order valence-electron chi connectivity index (χ3n) is 3.11. The van der Waals surface area contributed by atoms with Crippen LogP contribution in [0, 0.1) is 0 Å². The van der Waals surface area contributed by atoms with Gasteiger partial charge in [0.2, 0.25) is 5.78 Å². The standard InChI is InChI=1S/C17H16ClNO5/c1-22-15-9-11(8-12(18)17(15)23-2)5-6-16(21)24-10-14(20)13-4-3-7-19-13/h3-9,19H,10H2,1-2H3. The molecule has 1 aromatic carbocycles. The Labute approximate surface area is 144 Å². The lowest BCUT2D eigenvalue weighted by Crippen LogP contribution is -2.12. The van der Waals surface area contributed by atoms with Crippen molar-refractivity contribution < 1.29 is 23.8 Å². The predicted octanol–water partition coefficient (Wildman–Crippen LogP) is 3.12. The lowest BCUT2D eigenvalue weighted by molar-refractivity contribution is -0.136. The third kappa shape index (κ3) is 4.39. The number of ether oxygens (including phenoxy) is 3. The zero-order chi connectivity index (χ0) is 17.5. The summed E-state index contributed by atoms with van der Waals surface area (Å²) in [4.78, 5) is 26.1. The van der Waals surface area contributed by atoms with Gasteiger partial charge in [0.25, 0.3) is 0 Å². The zero-order valence-corrected chi connectivity index (χ0v) is 13.9. The van der Waals surface area contributed by atoms with Crippen molar-refractivity contribution in [2.45, 2.75) is 0 Å². The highest BCUT2D eigenvalue weighted by molar-refractivity contribution is 6.32. The Morgan fingerprint density at radius 2 is 2.04 bits per heavy atom. The lowest BCUT2D eigenvalue weighted by Gasteiger charge is -2.10. The number of methoxy groups -OCH3 is 2. The van der Waals surface area contributed by atoms with E-state index in [1.165, 1.54) is 26.4 Å². The predicted molar refractivity (Wildman–Crippen MR) is 89.7 cm³/mol. The highest BCUT2D eigenvalue weighted by Gasteiger charge is 2.11. The van der Waals surface area contributed by atoms with Gasteiger partial charge in [-0.3, -0.25) is 4.79 Å². The fourth-order valence-corrected chi connectivity index (χ4v) is 2.26. The van der Waals surface area contributed by atoms with Crippen molar-refractivity contribution in [2.24, 2.45) is 0 Å². The maximum absolute atomic E-state index is 11.7. The summed E-state index contributed by atoms with van der Waals surface area (Å²) in [7, 11) is 2.97. The average Bonchev–Trinajstić information content (AvgIpc) is 3.11. The first-order valence-corrected chi connectivity index (χ1v) is 7.36. The highest BCUT2D eigenvalue weighted by atomic mass is 35.5. The van der Waals surface area contributed by atoms with Crippen LogP contribution in [0.5, 0.6) is 11.5 Å². The molecule has 0 saturated carbocycles. The molecule has 0 saturated heterocycles. The van der Waals surface area contributed by atoms with Gasteiger partial charge in [-0.15, -0.1) is 0 Å². The zero-order valence-electron chi connectivity index (χ0n) is 13.2. The summed E-state index contributed by atoms with van der Waals surface area (Å²) >= 11 is 6.09. The van der Waals surface area contributed by atoms with Crippen LogP contribution in [0.15, 0.2) is 36.5 Å². The van der Waals surface area contributed by atoms with E-state index in [1.54, 1.807) is 30.5 Å². The van der Waals surface area contributed by atoms with E-state index in [2.05, 4.69) is 4.98 Å². The van der Waals surface area contributed by atoms with Crippen LogP contribution < -0.4 is 9.47 Å². The number of hydrogen-bond acceptors (Lipinski definition) is 5. The van der Waals surface area contributed by atoms with E-state index in [0.29, 0.717) is 27.8 Å². The highest BCUT2D eigenvalue weighted by Crippen LogP contribution is 2.36. The fourth-order valence-electron chi connectivity index (χ4n) is 1.96. The van der Waals surface area contributed by atoms with Crippen molar-refractivity contribution in [1.82, 2.24) is 4.98 Å². The van der Waals surface area contributed by atoms with Gasteiger partial charge in [0, 0.05) is 12.3 Å². The quantitative estimate of drug-likeness (QED) is 0.472. The number of hydrogen-bond donors (Lipinski definition) is 1. The largest absolute Gasteiger partial charge is 0.493 e. The van der Waals surface area contributed by atoms with E-state index >= 15 is 0 Å². The van der Waals surface area contributed by atoms with Crippen molar-refractivity contribution >= 4 is 29.4 Å². The molecule has 7 heteroatoms. The topological polar surface area (TPSA) is 77.6 Å². The first-order chi connectivity index (χ1) is 11.5. The van der Waals surface area contributed by atoms with Gasteiger partial charge in [-0.25, -0.2) is 4.79 Å². The summed E-state index contributed by atoms with van der Waals surface area (Å²) in [6, 6.07) is 6.59. The SMILES string of the molecule is COc1cc(C=CC(=O)OCC(=O)c2ccc[nH]2)cc(Cl)c1OC. The maximum Gasteiger partial charge on any atom is 0.331 e. The molecular formula is C17H16ClNO5. The molecule has 0 fully saturated rings. The molecule has 0 bridgehead atoms. The number of carbonyl (C=O) groups is 2. The Balaban J connectivity index is 1.98. The second kappa shape index (κ2) is 8.21.